The summed E-state index contributed by atoms with van der Waals surface area (Å²) in [6.07, 6.45) is 7.15. The molecular formula is C29H44O2. The maximum absolute atomic E-state index is 11.2. The van der Waals surface area contributed by atoms with Crippen LogP contribution in [-0.4, -0.2) is 10.2 Å². The zero-order valence-corrected chi connectivity index (χ0v) is 21.2. The second-order valence-corrected chi connectivity index (χ2v) is 11.2. The minimum absolute atomic E-state index is 0.136. The highest BCUT2D eigenvalue weighted by Gasteiger charge is 2.24. The molecule has 0 bridgehead atoms. The third-order valence-corrected chi connectivity index (χ3v) is 6.13. The summed E-state index contributed by atoms with van der Waals surface area (Å²) in [5.41, 5.74) is 6.10. The van der Waals surface area contributed by atoms with Crippen LogP contribution in [0.4, 0.5) is 0 Å². The quantitative estimate of drug-likeness (QED) is 0.451. The summed E-state index contributed by atoms with van der Waals surface area (Å²) in [5.74, 6) is 0.756. The minimum Gasteiger partial charge on any atom is -0.507 e. The van der Waals surface area contributed by atoms with E-state index in [1.54, 1.807) is 0 Å². The molecule has 0 unspecified atom stereocenters. The van der Waals surface area contributed by atoms with Gasteiger partial charge in [-0.3, -0.25) is 0 Å². The fourth-order valence-corrected chi connectivity index (χ4v) is 4.19. The SMILES string of the molecule is CCCCc1cc(Cc2cc(CCCC)cc(C(C)(C)C)c2O)c(O)c(C(C)(C)C)c1. The van der Waals surface area contributed by atoms with E-state index in [1.807, 2.05) is 0 Å². The second kappa shape index (κ2) is 10.1. The van der Waals surface area contributed by atoms with Gasteiger partial charge in [0.05, 0.1) is 0 Å². The third-order valence-electron chi connectivity index (χ3n) is 6.13. The van der Waals surface area contributed by atoms with E-state index < -0.39 is 0 Å². The van der Waals surface area contributed by atoms with Gasteiger partial charge in [-0.15, -0.1) is 0 Å². The average molecular weight is 425 g/mol. The molecule has 0 amide bonds. The Bertz CT molecular complexity index is 806. The topological polar surface area (TPSA) is 40.5 Å². The largest absolute Gasteiger partial charge is 0.507 e. The van der Waals surface area contributed by atoms with Crippen LogP contribution < -0.4 is 0 Å². The number of phenolic OH excluding ortho intramolecular Hbond substituents is 2. The van der Waals surface area contributed by atoms with E-state index in [1.165, 1.54) is 11.1 Å². The summed E-state index contributed by atoms with van der Waals surface area (Å²) in [7, 11) is 0. The molecule has 0 saturated carbocycles. The predicted molar refractivity (Wildman–Crippen MR) is 134 cm³/mol. The van der Waals surface area contributed by atoms with Gasteiger partial charge in [0.25, 0.3) is 0 Å². The molecule has 2 aromatic rings. The lowest BCUT2D eigenvalue weighted by atomic mass is 9.81. The predicted octanol–water partition coefficient (Wildman–Crippen LogP) is 7.97. The molecule has 0 atom stereocenters. The van der Waals surface area contributed by atoms with Crippen molar-refractivity contribution < 1.29 is 10.2 Å². The molecule has 2 heteroatoms. The van der Waals surface area contributed by atoms with Gasteiger partial charge in [0.15, 0.2) is 0 Å². The molecule has 0 saturated heterocycles. The molecule has 0 aliphatic carbocycles. The summed E-state index contributed by atoms with van der Waals surface area (Å²) >= 11 is 0. The van der Waals surface area contributed by atoms with Gasteiger partial charge < -0.3 is 10.2 Å². The average Bonchev–Trinajstić information content (AvgIpc) is 2.66. The van der Waals surface area contributed by atoms with E-state index in [-0.39, 0.29) is 10.8 Å². The van der Waals surface area contributed by atoms with Crippen LogP contribution >= 0.6 is 0 Å². The van der Waals surface area contributed by atoms with Gasteiger partial charge in [0, 0.05) is 6.42 Å². The third kappa shape index (κ3) is 6.51. The van der Waals surface area contributed by atoms with E-state index in [2.05, 4.69) is 79.7 Å². The monoisotopic (exact) mass is 424 g/mol. The Morgan fingerprint density at radius 1 is 0.613 bits per heavy atom. The van der Waals surface area contributed by atoms with Crippen molar-refractivity contribution in [2.45, 2.75) is 111 Å². The number of aryl methyl sites for hydroxylation is 2. The zero-order chi connectivity index (χ0) is 23.4. The first-order valence-corrected chi connectivity index (χ1v) is 12.1. The molecule has 2 rings (SSSR count). The van der Waals surface area contributed by atoms with Crippen LogP contribution in [0, 0.1) is 0 Å². The summed E-state index contributed by atoms with van der Waals surface area (Å²) in [6, 6.07) is 8.64. The first kappa shape index (κ1) is 25.3. The Hall–Kier alpha value is -1.96. The first-order chi connectivity index (χ1) is 14.4. The fourth-order valence-electron chi connectivity index (χ4n) is 4.19. The molecule has 2 aromatic carbocycles. The zero-order valence-electron chi connectivity index (χ0n) is 21.2. The highest BCUT2D eigenvalue weighted by Crippen LogP contribution is 2.39. The lowest BCUT2D eigenvalue weighted by Gasteiger charge is -2.25. The van der Waals surface area contributed by atoms with Crippen molar-refractivity contribution >= 4 is 0 Å². The maximum atomic E-state index is 11.2. The number of hydrogen-bond acceptors (Lipinski definition) is 2. The number of hydrogen-bond donors (Lipinski definition) is 2. The van der Waals surface area contributed by atoms with E-state index >= 15 is 0 Å². The van der Waals surface area contributed by atoms with E-state index in [9.17, 15) is 10.2 Å². The van der Waals surface area contributed by atoms with Crippen LogP contribution in [0.1, 0.15) is 114 Å². The van der Waals surface area contributed by atoms with E-state index in [0.29, 0.717) is 17.9 Å². The Balaban J connectivity index is 2.60. The Morgan fingerprint density at radius 3 is 1.26 bits per heavy atom. The van der Waals surface area contributed by atoms with Crippen molar-refractivity contribution in [3.05, 3.63) is 57.6 Å². The van der Waals surface area contributed by atoms with Crippen LogP contribution in [0.3, 0.4) is 0 Å². The number of benzene rings is 2. The highest BCUT2D eigenvalue weighted by molar-refractivity contribution is 5.53. The Kier molecular flexibility index (Phi) is 8.25. The number of unbranched alkanes of at least 4 members (excludes halogenated alkanes) is 2. The fraction of sp³-hybridized carbons (Fsp3) is 0.586. The Labute approximate surface area is 190 Å². The van der Waals surface area contributed by atoms with Crippen molar-refractivity contribution in [3.8, 4) is 11.5 Å². The molecule has 2 N–H and O–H groups in total. The van der Waals surface area contributed by atoms with Gasteiger partial charge in [-0.1, -0.05) is 92.5 Å². The number of aromatic hydroxyl groups is 2. The van der Waals surface area contributed by atoms with Crippen molar-refractivity contribution in [1.29, 1.82) is 0 Å². The summed E-state index contributed by atoms with van der Waals surface area (Å²) in [6.45, 7) is 17.3. The molecule has 0 heterocycles. The normalized spacial score (nSPS) is 12.4. The highest BCUT2D eigenvalue weighted by atomic mass is 16.3. The Morgan fingerprint density at radius 2 is 0.968 bits per heavy atom. The summed E-state index contributed by atoms with van der Waals surface area (Å²) < 4.78 is 0. The summed E-state index contributed by atoms with van der Waals surface area (Å²) in [5, 5.41) is 22.4. The van der Waals surface area contributed by atoms with Crippen LogP contribution in [0.15, 0.2) is 24.3 Å². The molecule has 2 nitrogen and oxygen atoms in total. The second-order valence-electron chi connectivity index (χ2n) is 11.2. The van der Waals surface area contributed by atoms with Gasteiger partial charge >= 0.3 is 0 Å². The van der Waals surface area contributed by atoms with Crippen LogP contribution in [0.2, 0.25) is 0 Å². The van der Waals surface area contributed by atoms with E-state index in [0.717, 1.165) is 60.8 Å². The van der Waals surface area contributed by atoms with Crippen molar-refractivity contribution in [3.63, 3.8) is 0 Å². The minimum atomic E-state index is -0.136. The molecule has 0 aliphatic heterocycles. The van der Waals surface area contributed by atoms with Crippen LogP contribution in [0.5, 0.6) is 11.5 Å². The van der Waals surface area contributed by atoms with Gasteiger partial charge in [-0.2, -0.15) is 0 Å². The van der Waals surface area contributed by atoms with Gasteiger partial charge in [0.2, 0.25) is 0 Å². The van der Waals surface area contributed by atoms with Crippen molar-refractivity contribution in [2.75, 3.05) is 0 Å². The molecule has 0 radical (unpaired) electrons. The lowest BCUT2D eigenvalue weighted by Crippen LogP contribution is -2.14. The standard InChI is InChI=1S/C29H44O2/c1-9-11-13-20-15-22(26(30)24(17-20)28(3,4)5)19-23-16-21(14-12-10-2)18-25(27(23)31)29(6,7)8/h15-18,30-31H,9-14,19H2,1-8H3. The first-order valence-electron chi connectivity index (χ1n) is 12.1. The van der Waals surface area contributed by atoms with Gasteiger partial charge in [-0.25, -0.2) is 0 Å². The van der Waals surface area contributed by atoms with Gasteiger partial charge in [-0.05, 0) is 69.9 Å². The molecule has 172 valence electrons. The van der Waals surface area contributed by atoms with Gasteiger partial charge in [0.1, 0.15) is 11.5 Å². The molecule has 31 heavy (non-hydrogen) atoms. The lowest BCUT2D eigenvalue weighted by molar-refractivity contribution is 0.435. The van der Waals surface area contributed by atoms with Crippen molar-refractivity contribution in [1.82, 2.24) is 0 Å². The molecular weight excluding hydrogens is 380 g/mol. The van der Waals surface area contributed by atoms with E-state index in [4.69, 9.17) is 0 Å². The van der Waals surface area contributed by atoms with Crippen molar-refractivity contribution in [2.24, 2.45) is 0 Å². The number of phenols is 2. The van der Waals surface area contributed by atoms with Crippen LogP contribution in [0.25, 0.3) is 0 Å². The molecule has 0 spiro atoms. The molecule has 0 aromatic heterocycles. The van der Waals surface area contributed by atoms with Crippen LogP contribution in [-0.2, 0) is 30.1 Å². The maximum Gasteiger partial charge on any atom is 0.122 e. The molecule has 0 fully saturated rings. The number of rotatable bonds is 8. The smallest absolute Gasteiger partial charge is 0.122 e. The summed E-state index contributed by atoms with van der Waals surface area (Å²) in [4.78, 5) is 0. The molecule has 0 aliphatic rings.